The lowest BCUT2D eigenvalue weighted by Gasteiger charge is -2.15. The molecule has 0 aliphatic carbocycles. The molecule has 0 atom stereocenters. The van der Waals surface area contributed by atoms with E-state index < -0.39 is 5.97 Å². The van der Waals surface area contributed by atoms with Crippen LogP contribution in [0.15, 0.2) is 53.5 Å². The number of benzene rings is 2. The topological polar surface area (TPSA) is 70.4 Å². The van der Waals surface area contributed by atoms with Crippen molar-refractivity contribution in [2.24, 2.45) is 4.99 Å². The summed E-state index contributed by atoms with van der Waals surface area (Å²) in [5.74, 6) is -1.04. The lowest BCUT2D eigenvalue weighted by atomic mass is 10.00. The number of aromatic amines is 1. The van der Waals surface area contributed by atoms with Crippen molar-refractivity contribution in [3.8, 4) is 16.1 Å². The number of carboxylic acids is 1. The summed E-state index contributed by atoms with van der Waals surface area (Å²) < 4.78 is 16.9. The Bertz CT molecular complexity index is 1570. The van der Waals surface area contributed by atoms with Crippen molar-refractivity contribution in [2.75, 3.05) is 0 Å². The summed E-state index contributed by atoms with van der Waals surface area (Å²) in [5.41, 5.74) is 7.52. The SMILES string of the molecule is CC(C)c1c(-c2cc3[nH]c(C(=O)O)cc3s2)c2cc3c(cc2n1-c1ccc(F)cc1)C=NC3. The summed E-state index contributed by atoms with van der Waals surface area (Å²) in [6, 6.07) is 14.7. The number of halogens is 1. The Kier molecular flexibility index (Phi) is 4.32. The first-order valence-electron chi connectivity index (χ1n) is 10.7. The first kappa shape index (κ1) is 19.9. The van der Waals surface area contributed by atoms with Gasteiger partial charge < -0.3 is 14.7 Å². The van der Waals surface area contributed by atoms with E-state index in [1.165, 1.54) is 17.7 Å². The van der Waals surface area contributed by atoms with Crippen LogP contribution in [0, 0.1) is 5.82 Å². The Morgan fingerprint density at radius 3 is 2.67 bits per heavy atom. The summed E-state index contributed by atoms with van der Waals surface area (Å²) in [5, 5.41) is 10.4. The number of carboxylic acid groups (broad SMARTS) is 1. The highest BCUT2D eigenvalue weighted by atomic mass is 32.1. The molecule has 0 amide bonds. The van der Waals surface area contributed by atoms with Crippen LogP contribution in [0.2, 0.25) is 0 Å². The Labute approximate surface area is 192 Å². The zero-order chi connectivity index (χ0) is 22.9. The van der Waals surface area contributed by atoms with Gasteiger partial charge in [-0.1, -0.05) is 13.8 Å². The number of nitrogens with zero attached hydrogens (tertiary/aromatic N) is 2. The fraction of sp³-hybridized carbons (Fsp3) is 0.154. The highest BCUT2D eigenvalue weighted by Crippen LogP contribution is 2.45. The molecule has 2 N–H and O–H groups in total. The van der Waals surface area contributed by atoms with Crippen LogP contribution in [-0.2, 0) is 6.54 Å². The molecule has 0 unspecified atom stereocenters. The van der Waals surface area contributed by atoms with E-state index in [2.05, 4.69) is 40.5 Å². The number of hydrogen-bond acceptors (Lipinski definition) is 3. The molecule has 0 saturated heterocycles. The van der Waals surface area contributed by atoms with E-state index in [0.717, 1.165) is 48.5 Å². The van der Waals surface area contributed by atoms with Gasteiger partial charge in [0, 0.05) is 33.4 Å². The standard InChI is InChI=1S/C26H20FN3O2S/c1-13(2)25-24(23-9-19-22(33-23)10-20(29-19)26(31)32)18-7-14-11-28-12-15(14)8-21(18)30(25)17-5-3-16(27)4-6-17/h3-10,12-13,29H,11H2,1-2H3,(H,31,32). The van der Waals surface area contributed by atoms with Gasteiger partial charge in [0.15, 0.2) is 0 Å². The van der Waals surface area contributed by atoms with E-state index in [4.69, 9.17) is 0 Å². The highest BCUT2D eigenvalue weighted by Gasteiger charge is 2.25. The fourth-order valence-corrected chi connectivity index (χ4v) is 5.88. The van der Waals surface area contributed by atoms with E-state index >= 15 is 0 Å². The fourth-order valence-electron chi connectivity index (χ4n) is 4.75. The number of nitrogens with one attached hydrogen (secondary N) is 1. The highest BCUT2D eigenvalue weighted by molar-refractivity contribution is 7.22. The van der Waals surface area contributed by atoms with E-state index in [1.54, 1.807) is 17.4 Å². The maximum Gasteiger partial charge on any atom is 0.352 e. The molecule has 0 fully saturated rings. The Balaban J connectivity index is 1.69. The third-order valence-corrected chi connectivity index (χ3v) is 7.27. The molecule has 164 valence electrons. The van der Waals surface area contributed by atoms with Gasteiger partial charge >= 0.3 is 5.97 Å². The number of aromatic carboxylic acids is 1. The molecule has 33 heavy (non-hydrogen) atoms. The van der Waals surface area contributed by atoms with Crippen molar-refractivity contribution in [1.82, 2.24) is 9.55 Å². The molecule has 0 radical (unpaired) electrons. The number of rotatable bonds is 4. The summed E-state index contributed by atoms with van der Waals surface area (Å²) in [7, 11) is 0. The second-order valence-corrected chi connectivity index (χ2v) is 9.73. The minimum Gasteiger partial charge on any atom is -0.477 e. The van der Waals surface area contributed by atoms with Crippen LogP contribution in [0.4, 0.5) is 4.39 Å². The van der Waals surface area contributed by atoms with Crippen LogP contribution in [-0.4, -0.2) is 26.8 Å². The molecule has 6 rings (SSSR count). The van der Waals surface area contributed by atoms with Gasteiger partial charge in [-0.05, 0) is 65.6 Å². The van der Waals surface area contributed by atoms with Crippen molar-refractivity contribution >= 4 is 44.6 Å². The number of hydrogen-bond donors (Lipinski definition) is 2. The van der Waals surface area contributed by atoms with Crippen molar-refractivity contribution in [3.63, 3.8) is 0 Å². The van der Waals surface area contributed by atoms with Crippen LogP contribution in [0.1, 0.15) is 47.1 Å². The van der Waals surface area contributed by atoms with E-state index in [-0.39, 0.29) is 17.4 Å². The van der Waals surface area contributed by atoms with Crippen LogP contribution in [0.25, 0.3) is 37.2 Å². The molecular weight excluding hydrogens is 437 g/mol. The van der Waals surface area contributed by atoms with Crippen molar-refractivity contribution in [2.45, 2.75) is 26.3 Å². The second-order valence-electron chi connectivity index (χ2n) is 8.64. The third kappa shape index (κ3) is 3.03. The van der Waals surface area contributed by atoms with Gasteiger partial charge in [0.1, 0.15) is 11.5 Å². The van der Waals surface area contributed by atoms with Gasteiger partial charge in [-0.3, -0.25) is 4.99 Å². The second kappa shape index (κ2) is 7.15. The van der Waals surface area contributed by atoms with Crippen molar-refractivity contribution in [3.05, 3.63) is 76.9 Å². The smallest absolute Gasteiger partial charge is 0.352 e. The zero-order valence-electron chi connectivity index (χ0n) is 18.0. The normalized spacial score (nSPS) is 13.0. The molecule has 1 aliphatic rings. The number of aliphatic imine (C=N–C) groups is 1. The lowest BCUT2D eigenvalue weighted by molar-refractivity contribution is 0.0691. The molecule has 0 saturated carbocycles. The largest absolute Gasteiger partial charge is 0.477 e. The number of carbonyl (C=O) groups is 1. The molecular formula is C26H20FN3O2S. The predicted molar refractivity (Wildman–Crippen MR) is 131 cm³/mol. The summed E-state index contributed by atoms with van der Waals surface area (Å²) >= 11 is 1.58. The average Bonchev–Trinajstić information content (AvgIpc) is 3.52. The third-order valence-electron chi connectivity index (χ3n) is 6.17. The van der Waals surface area contributed by atoms with E-state index in [1.807, 2.05) is 24.4 Å². The van der Waals surface area contributed by atoms with E-state index in [9.17, 15) is 14.3 Å². The maximum absolute atomic E-state index is 13.7. The Hall–Kier alpha value is -3.71. The summed E-state index contributed by atoms with van der Waals surface area (Å²) in [4.78, 5) is 19.9. The van der Waals surface area contributed by atoms with Crippen LogP contribution < -0.4 is 0 Å². The minimum atomic E-state index is -0.966. The minimum absolute atomic E-state index is 0.190. The van der Waals surface area contributed by atoms with Crippen molar-refractivity contribution < 1.29 is 14.3 Å². The van der Waals surface area contributed by atoms with Gasteiger partial charge in [-0.15, -0.1) is 11.3 Å². The molecule has 5 nitrogen and oxygen atoms in total. The Morgan fingerprint density at radius 2 is 1.97 bits per heavy atom. The van der Waals surface area contributed by atoms with Gasteiger partial charge in [0.05, 0.1) is 22.3 Å². The van der Waals surface area contributed by atoms with Gasteiger partial charge in [0.25, 0.3) is 0 Å². The van der Waals surface area contributed by atoms with Gasteiger partial charge in [0.2, 0.25) is 0 Å². The van der Waals surface area contributed by atoms with Crippen LogP contribution >= 0.6 is 11.3 Å². The van der Waals surface area contributed by atoms with Gasteiger partial charge in [-0.25, -0.2) is 9.18 Å². The quantitative estimate of drug-likeness (QED) is 0.314. The molecule has 1 aliphatic heterocycles. The number of aromatic nitrogens is 2. The average molecular weight is 458 g/mol. The summed E-state index contributed by atoms with van der Waals surface area (Å²) in [6.45, 7) is 4.99. The molecule has 4 heterocycles. The summed E-state index contributed by atoms with van der Waals surface area (Å²) in [6.07, 6.45) is 1.91. The molecule has 5 aromatic rings. The number of H-pyrrole nitrogens is 1. The predicted octanol–water partition coefficient (Wildman–Crippen LogP) is 6.73. The first-order valence-corrected chi connectivity index (χ1v) is 11.6. The molecule has 2 aromatic carbocycles. The monoisotopic (exact) mass is 457 g/mol. The maximum atomic E-state index is 13.7. The first-order chi connectivity index (χ1) is 15.9. The van der Waals surface area contributed by atoms with Crippen LogP contribution in [0.3, 0.4) is 0 Å². The zero-order valence-corrected chi connectivity index (χ0v) is 18.8. The molecule has 3 aromatic heterocycles. The molecule has 0 spiro atoms. The van der Waals surface area contributed by atoms with Crippen LogP contribution in [0.5, 0.6) is 0 Å². The molecule has 0 bridgehead atoms. The Morgan fingerprint density at radius 1 is 1.18 bits per heavy atom. The number of fused-ring (bicyclic) bond motifs is 3. The molecule has 7 heteroatoms. The van der Waals surface area contributed by atoms with Crippen molar-refractivity contribution in [1.29, 1.82) is 0 Å². The van der Waals surface area contributed by atoms with E-state index in [0.29, 0.717) is 6.54 Å². The number of thiophene rings is 1. The van der Waals surface area contributed by atoms with Gasteiger partial charge in [-0.2, -0.15) is 0 Å². The lowest BCUT2D eigenvalue weighted by Crippen LogP contribution is -2.03.